The van der Waals surface area contributed by atoms with Crippen LogP contribution in [0.15, 0.2) is 0 Å². The summed E-state index contributed by atoms with van der Waals surface area (Å²) >= 11 is 5.14. The van der Waals surface area contributed by atoms with E-state index in [-0.39, 0.29) is 11.9 Å². The zero-order chi connectivity index (χ0) is 13.1. The molecule has 0 aromatic carbocycles. The molecule has 1 rings (SSSR count). The van der Waals surface area contributed by atoms with Crippen molar-refractivity contribution in [3.63, 3.8) is 0 Å². The Morgan fingerprint density at radius 1 is 1.47 bits per heavy atom. The summed E-state index contributed by atoms with van der Waals surface area (Å²) in [6, 6.07) is 0.263. The van der Waals surface area contributed by atoms with Crippen molar-refractivity contribution in [2.24, 2.45) is 11.1 Å². The topological polar surface area (TPSA) is 46.3 Å². The van der Waals surface area contributed by atoms with Gasteiger partial charge in [-0.2, -0.15) is 0 Å². The molecule has 1 aliphatic carbocycles. The minimum Gasteiger partial charge on any atom is -0.392 e. The quantitative estimate of drug-likeness (QED) is 0.769. The fraction of sp³-hybridized carbons (Fsp3) is 0.846. The molecule has 0 aromatic rings. The third-order valence-electron chi connectivity index (χ3n) is 4.03. The van der Waals surface area contributed by atoms with Crippen molar-refractivity contribution < 1.29 is 4.79 Å². The zero-order valence-corrected chi connectivity index (χ0v) is 12.0. The van der Waals surface area contributed by atoms with Gasteiger partial charge in [0, 0.05) is 13.1 Å². The second kappa shape index (κ2) is 5.80. The van der Waals surface area contributed by atoms with Crippen LogP contribution in [0.1, 0.15) is 52.4 Å². The predicted octanol–water partition coefficient (Wildman–Crippen LogP) is 2.48. The molecule has 0 radical (unpaired) electrons. The third-order valence-corrected chi connectivity index (χ3v) is 4.42. The van der Waals surface area contributed by atoms with Crippen molar-refractivity contribution in [2.45, 2.75) is 58.4 Å². The number of rotatable bonds is 5. The van der Waals surface area contributed by atoms with E-state index >= 15 is 0 Å². The SMILES string of the molecule is CCCC(C)N(C)C(=O)C1(C(N)=S)CCCC1. The first kappa shape index (κ1) is 14.4. The van der Waals surface area contributed by atoms with E-state index in [1.54, 1.807) is 0 Å². The van der Waals surface area contributed by atoms with Gasteiger partial charge in [-0.3, -0.25) is 4.79 Å². The Morgan fingerprint density at radius 2 is 2.00 bits per heavy atom. The number of thiocarbonyl (C=S) groups is 1. The maximum atomic E-state index is 12.6. The number of hydrogen-bond donors (Lipinski definition) is 1. The van der Waals surface area contributed by atoms with E-state index in [9.17, 15) is 4.79 Å². The molecule has 0 spiro atoms. The number of nitrogens with zero attached hydrogens (tertiary/aromatic N) is 1. The van der Waals surface area contributed by atoms with Gasteiger partial charge in [-0.1, -0.05) is 38.4 Å². The monoisotopic (exact) mass is 256 g/mol. The molecule has 2 N–H and O–H groups in total. The minimum atomic E-state index is -0.550. The van der Waals surface area contributed by atoms with E-state index < -0.39 is 5.41 Å². The first-order valence-corrected chi connectivity index (χ1v) is 6.93. The van der Waals surface area contributed by atoms with Crippen LogP contribution >= 0.6 is 12.2 Å². The predicted molar refractivity (Wildman–Crippen MR) is 74.8 cm³/mol. The number of carbonyl (C=O) groups excluding carboxylic acids is 1. The number of amides is 1. The molecular formula is C13H24N2OS. The molecule has 1 fully saturated rings. The lowest BCUT2D eigenvalue weighted by Gasteiger charge is -2.34. The van der Waals surface area contributed by atoms with Gasteiger partial charge >= 0.3 is 0 Å². The zero-order valence-electron chi connectivity index (χ0n) is 11.2. The Hall–Kier alpha value is -0.640. The van der Waals surface area contributed by atoms with Crippen LogP contribution in [-0.4, -0.2) is 28.9 Å². The van der Waals surface area contributed by atoms with E-state index in [0.29, 0.717) is 4.99 Å². The largest absolute Gasteiger partial charge is 0.392 e. The van der Waals surface area contributed by atoms with Gasteiger partial charge in [0.25, 0.3) is 0 Å². The van der Waals surface area contributed by atoms with E-state index in [1.165, 1.54) is 0 Å². The Morgan fingerprint density at radius 3 is 2.41 bits per heavy atom. The molecule has 0 saturated heterocycles. The maximum Gasteiger partial charge on any atom is 0.235 e. The molecule has 1 atom stereocenters. The van der Waals surface area contributed by atoms with Crippen LogP contribution in [0.4, 0.5) is 0 Å². The lowest BCUT2D eigenvalue weighted by molar-refractivity contribution is -0.138. The second-order valence-corrected chi connectivity index (χ2v) is 5.65. The van der Waals surface area contributed by atoms with Gasteiger partial charge in [-0.15, -0.1) is 0 Å². The highest BCUT2D eigenvalue weighted by molar-refractivity contribution is 7.80. The van der Waals surface area contributed by atoms with Gasteiger partial charge < -0.3 is 10.6 Å². The summed E-state index contributed by atoms with van der Waals surface area (Å²) in [6.07, 6.45) is 5.86. The van der Waals surface area contributed by atoms with E-state index in [2.05, 4.69) is 13.8 Å². The number of carbonyl (C=O) groups is 1. The highest BCUT2D eigenvalue weighted by Crippen LogP contribution is 2.40. The Balaban J connectivity index is 2.82. The first-order valence-electron chi connectivity index (χ1n) is 6.53. The lowest BCUT2D eigenvalue weighted by atomic mass is 9.84. The maximum absolute atomic E-state index is 12.6. The molecule has 0 heterocycles. The van der Waals surface area contributed by atoms with Gasteiger partial charge in [0.1, 0.15) is 0 Å². The molecule has 0 bridgehead atoms. The standard InChI is InChI=1S/C13H24N2OS/c1-4-7-10(2)15(3)12(16)13(11(14)17)8-5-6-9-13/h10H,4-9H2,1-3H3,(H2,14,17). The number of hydrogen-bond acceptors (Lipinski definition) is 2. The second-order valence-electron chi connectivity index (χ2n) is 5.21. The smallest absolute Gasteiger partial charge is 0.235 e. The first-order chi connectivity index (χ1) is 7.95. The van der Waals surface area contributed by atoms with Crippen LogP contribution in [-0.2, 0) is 4.79 Å². The van der Waals surface area contributed by atoms with Gasteiger partial charge in [-0.25, -0.2) is 0 Å². The molecule has 17 heavy (non-hydrogen) atoms. The molecule has 1 aliphatic rings. The van der Waals surface area contributed by atoms with Crippen molar-refractivity contribution in [1.82, 2.24) is 4.90 Å². The highest BCUT2D eigenvalue weighted by atomic mass is 32.1. The van der Waals surface area contributed by atoms with Crippen molar-refractivity contribution in [3.05, 3.63) is 0 Å². The minimum absolute atomic E-state index is 0.128. The molecule has 98 valence electrons. The molecule has 4 heteroatoms. The van der Waals surface area contributed by atoms with Gasteiger partial charge in [-0.05, 0) is 26.2 Å². The average Bonchev–Trinajstić information content (AvgIpc) is 2.77. The van der Waals surface area contributed by atoms with Crippen LogP contribution < -0.4 is 5.73 Å². The van der Waals surface area contributed by atoms with E-state index in [1.807, 2.05) is 11.9 Å². The fourth-order valence-corrected chi connectivity index (χ4v) is 2.98. The number of nitrogens with two attached hydrogens (primary N) is 1. The van der Waals surface area contributed by atoms with Crippen molar-refractivity contribution in [3.8, 4) is 0 Å². The Kier molecular flexibility index (Phi) is 4.92. The molecule has 3 nitrogen and oxygen atoms in total. The van der Waals surface area contributed by atoms with Gasteiger partial charge in [0.05, 0.1) is 10.4 Å². The van der Waals surface area contributed by atoms with E-state index in [0.717, 1.165) is 38.5 Å². The summed E-state index contributed by atoms with van der Waals surface area (Å²) < 4.78 is 0. The fourth-order valence-electron chi connectivity index (χ4n) is 2.69. The van der Waals surface area contributed by atoms with Crippen LogP contribution in [0, 0.1) is 5.41 Å². The highest BCUT2D eigenvalue weighted by Gasteiger charge is 2.45. The molecular weight excluding hydrogens is 232 g/mol. The van der Waals surface area contributed by atoms with Crippen LogP contribution in [0.3, 0.4) is 0 Å². The average molecular weight is 256 g/mol. The normalized spacial score (nSPS) is 19.9. The summed E-state index contributed by atoms with van der Waals surface area (Å²) in [6.45, 7) is 4.22. The summed E-state index contributed by atoms with van der Waals surface area (Å²) in [7, 11) is 1.88. The Labute approximate surface area is 110 Å². The van der Waals surface area contributed by atoms with Gasteiger partial charge in [0.2, 0.25) is 5.91 Å². The van der Waals surface area contributed by atoms with Crippen LogP contribution in [0.25, 0.3) is 0 Å². The molecule has 1 saturated carbocycles. The summed E-state index contributed by atoms with van der Waals surface area (Å²) in [5.41, 5.74) is 5.28. The molecule has 0 aromatic heterocycles. The third kappa shape index (κ3) is 2.79. The van der Waals surface area contributed by atoms with Crippen molar-refractivity contribution >= 4 is 23.1 Å². The summed E-state index contributed by atoms with van der Waals surface area (Å²) in [5.74, 6) is 0.128. The van der Waals surface area contributed by atoms with Crippen LogP contribution in [0.2, 0.25) is 0 Å². The molecule has 1 unspecified atom stereocenters. The van der Waals surface area contributed by atoms with Crippen molar-refractivity contribution in [2.75, 3.05) is 7.05 Å². The summed E-state index contributed by atoms with van der Waals surface area (Å²) in [5, 5.41) is 0. The van der Waals surface area contributed by atoms with E-state index in [4.69, 9.17) is 18.0 Å². The van der Waals surface area contributed by atoms with Crippen LogP contribution in [0.5, 0.6) is 0 Å². The Bertz CT molecular complexity index is 298. The van der Waals surface area contributed by atoms with Gasteiger partial charge in [0.15, 0.2) is 0 Å². The summed E-state index contributed by atoms with van der Waals surface area (Å²) in [4.78, 5) is 14.8. The van der Waals surface area contributed by atoms with Crippen molar-refractivity contribution in [1.29, 1.82) is 0 Å². The molecule has 0 aliphatic heterocycles. The molecule has 1 amide bonds. The lowest BCUT2D eigenvalue weighted by Crippen LogP contribution is -2.50.